The molecule has 0 aliphatic carbocycles. The summed E-state index contributed by atoms with van der Waals surface area (Å²) in [6.45, 7) is 6.22. The molecule has 0 saturated carbocycles. The van der Waals surface area contributed by atoms with Gasteiger partial charge in [0.05, 0.1) is 11.4 Å². The third kappa shape index (κ3) is 4.16. The summed E-state index contributed by atoms with van der Waals surface area (Å²) < 4.78 is 4.06. The van der Waals surface area contributed by atoms with Crippen LogP contribution in [0.5, 0.6) is 0 Å². The van der Waals surface area contributed by atoms with Crippen molar-refractivity contribution in [2.45, 2.75) is 35.2 Å². The molecule has 0 amide bonds. The van der Waals surface area contributed by atoms with Crippen molar-refractivity contribution in [3.8, 4) is 5.69 Å². The van der Waals surface area contributed by atoms with E-state index in [0.717, 1.165) is 37.3 Å². The van der Waals surface area contributed by atoms with E-state index in [9.17, 15) is 0 Å². The molecule has 1 aromatic carbocycles. The Hall–Kier alpha value is -1.31. The molecular formula is C16H18N4S3. The average molecular weight is 363 g/mol. The average Bonchev–Trinajstić information content (AvgIpc) is 3.12. The summed E-state index contributed by atoms with van der Waals surface area (Å²) in [4.78, 5) is 0. The molecule has 2 heterocycles. The van der Waals surface area contributed by atoms with E-state index in [1.54, 1.807) is 34.9 Å². The highest BCUT2D eigenvalue weighted by molar-refractivity contribution is 8.02. The Kier molecular flexibility index (Phi) is 5.40. The monoisotopic (exact) mass is 362 g/mol. The van der Waals surface area contributed by atoms with Crippen molar-refractivity contribution >= 4 is 34.9 Å². The van der Waals surface area contributed by atoms with Gasteiger partial charge in [0.1, 0.15) is 0 Å². The third-order valence-electron chi connectivity index (χ3n) is 3.21. The third-order valence-corrected chi connectivity index (χ3v) is 6.35. The molecule has 120 valence electrons. The van der Waals surface area contributed by atoms with Gasteiger partial charge in [0.15, 0.2) is 8.68 Å². The molecule has 23 heavy (non-hydrogen) atoms. The van der Waals surface area contributed by atoms with Gasteiger partial charge in [-0.1, -0.05) is 53.9 Å². The van der Waals surface area contributed by atoms with Crippen LogP contribution in [0, 0.1) is 13.8 Å². The Morgan fingerprint density at radius 2 is 1.74 bits per heavy atom. The van der Waals surface area contributed by atoms with Crippen LogP contribution < -0.4 is 0 Å². The van der Waals surface area contributed by atoms with Gasteiger partial charge in [-0.3, -0.25) is 0 Å². The van der Waals surface area contributed by atoms with E-state index in [1.165, 1.54) is 5.56 Å². The number of benzene rings is 1. The van der Waals surface area contributed by atoms with Crippen molar-refractivity contribution in [3.05, 3.63) is 47.3 Å². The zero-order valence-electron chi connectivity index (χ0n) is 13.3. The van der Waals surface area contributed by atoms with Gasteiger partial charge in [0, 0.05) is 11.4 Å². The lowest BCUT2D eigenvalue weighted by atomic mass is 10.2. The summed E-state index contributed by atoms with van der Waals surface area (Å²) in [5, 5.41) is 12.9. The summed E-state index contributed by atoms with van der Waals surface area (Å²) >= 11 is 5.15. The SMILES string of the molecule is CCSc1nnc(SCc2ccc(-n3nc(C)cc3C)cc2)s1. The Morgan fingerprint density at radius 3 is 2.35 bits per heavy atom. The number of aromatic nitrogens is 4. The van der Waals surface area contributed by atoms with Gasteiger partial charge in [-0.25, -0.2) is 4.68 Å². The fraction of sp³-hybridized carbons (Fsp3) is 0.312. The molecule has 0 fully saturated rings. The van der Waals surface area contributed by atoms with Gasteiger partial charge in [0.2, 0.25) is 0 Å². The number of aryl methyl sites for hydroxylation is 2. The first kappa shape index (κ1) is 16.5. The standard InChI is InChI=1S/C16H18N4S3/c1-4-21-15-17-18-16(23-15)22-10-13-5-7-14(8-6-13)20-12(3)9-11(2)19-20/h5-9H,4,10H2,1-3H3. The molecule has 0 N–H and O–H groups in total. The van der Waals surface area contributed by atoms with Crippen molar-refractivity contribution in [3.63, 3.8) is 0 Å². The van der Waals surface area contributed by atoms with Crippen LogP contribution in [-0.2, 0) is 5.75 Å². The summed E-state index contributed by atoms with van der Waals surface area (Å²) in [6, 6.07) is 10.6. The second kappa shape index (κ2) is 7.51. The van der Waals surface area contributed by atoms with Crippen LogP contribution in [0.4, 0.5) is 0 Å². The maximum absolute atomic E-state index is 4.52. The molecule has 0 aliphatic rings. The highest BCUT2D eigenvalue weighted by atomic mass is 32.2. The zero-order valence-corrected chi connectivity index (χ0v) is 15.8. The van der Waals surface area contributed by atoms with Gasteiger partial charge in [0.25, 0.3) is 0 Å². The number of thioether (sulfide) groups is 2. The van der Waals surface area contributed by atoms with E-state index in [-0.39, 0.29) is 0 Å². The topological polar surface area (TPSA) is 43.6 Å². The molecule has 0 saturated heterocycles. The first-order valence-corrected chi connectivity index (χ1v) is 10.2. The number of rotatable bonds is 6. The summed E-state index contributed by atoms with van der Waals surface area (Å²) in [7, 11) is 0. The number of nitrogens with zero attached hydrogens (tertiary/aromatic N) is 4. The molecule has 0 radical (unpaired) electrons. The Labute approximate surface area is 148 Å². The molecule has 4 nitrogen and oxygen atoms in total. The molecule has 0 atom stereocenters. The molecule has 3 aromatic rings. The minimum absolute atomic E-state index is 0.906. The van der Waals surface area contributed by atoms with E-state index in [2.05, 4.69) is 59.5 Å². The van der Waals surface area contributed by atoms with Crippen LogP contribution in [-0.4, -0.2) is 25.7 Å². The molecule has 0 spiro atoms. The van der Waals surface area contributed by atoms with Crippen molar-refractivity contribution in [2.75, 3.05) is 5.75 Å². The van der Waals surface area contributed by atoms with Crippen LogP contribution in [0.3, 0.4) is 0 Å². The Balaban J connectivity index is 1.64. The van der Waals surface area contributed by atoms with Gasteiger partial charge < -0.3 is 0 Å². The molecular weight excluding hydrogens is 344 g/mol. The van der Waals surface area contributed by atoms with Gasteiger partial charge in [-0.2, -0.15) is 5.10 Å². The second-order valence-electron chi connectivity index (χ2n) is 5.06. The first-order valence-electron chi connectivity index (χ1n) is 7.37. The second-order valence-corrected chi connectivity index (χ2v) is 8.77. The molecule has 0 bridgehead atoms. The van der Waals surface area contributed by atoms with Crippen molar-refractivity contribution in [1.82, 2.24) is 20.0 Å². The minimum atomic E-state index is 0.906. The maximum atomic E-state index is 4.52. The predicted octanol–water partition coefficient (Wildman–Crippen LogP) is 4.74. The Bertz CT molecular complexity index is 777. The lowest BCUT2D eigenvalue weighted by Gasteiger charge is -2.05. The lowest BCUT2D eigenvalue weighted by molar-refractivity contribution is 0.833. The highest BCUT2D eigenvalue weighted by Crippen LogP contribution is 2.30. The van der Waals surface area contributed by atoms with Gasteiger partial charge in [-0.05, 0) is 43.4 Å². The van der Waals surface area contributed by atoms with Crippen LogP contribution in [0.1, 0.15) is 23.9 Å². The quantitative estimate of drug-likeness (QED) is 0.592. The van der Waals surface area contributed by atoms with E-state index in [4.69, 9.17) is 0 Å². The van der Waals surface area contributed by atoms with Crippen LogP contribution >= 0.6 is 34.9 Å². The largest absolute Gasteiger partial charge is 0.238 e. The van der Waals surface area contributed by atoms with E-state index in [0.29, 0.717) is 0 Å². The molecule has 7 heteroatoms. The predicted molar refractivity (Wildman–Crippen MR) is 98.9 cm³/mol. The normalized spacial score (nSPS) is 11.1. The number of hydrogen-bond acceptors (Lipinski definition) is 6. The van der Waals surface area contributed by atoms with Crippen LogP contribution in [0.15, 0.2) is 39.0 Å². The summed E-state index contributed by atoms with van der Waals surface area (Å²) in [6.07, 6.45) is 0. The summed E-state index contributed by atoms with van der Waals surface area (Å²) in [5.74, 6) is 1.94. The fourth-order valence-corrected chi connectivity index (χ4v) is 5.08. The van der Waals surface area contributed by atoms with E-state index < -0.39 is 0 Å². The van der Waals surface area contributed by atoms with Crippen molar-refractivity contribution in [1.29, 1.82) is 0 Å². The molecule has 0 aliphatic heterocycles. The van der Waals surface area contributed by atoms with Gasteiger partial charge >= 0.3 is 0 Å². The highest BCUT2D eigenvalue weighted by Gasteiger charge is 2.06. The maximum Gasteiger partial charge on any atom is 0.175 e. The Morgan fingerprint density at radius 1 is 1.04 bits per heavy atom. The molecule has 3 rings (SSSR count). The van der Waals surface area contributed by atoms with Crippen molar-refractivity contribution in [2.24, 2.45) is 0 Å². The van der Waals surface area contributed by atoms with Crippen LogP contribution in [0.25, 0.3) is 5.69 Å². The lowest BCUT2D eigenvalue weighted by Crippen LogP contribution is -1.98. The smallest absolute Gasteiger partial charge is 0.175 e. The minimum Gasteiger partial charge on any atom is -0.238 e. The van der Waals surface area contributed by atoms with E-state index in [1.807, 2.05) is 11.6 Å². The van der Waals surface area contributed by atoms with E-state index >= 15 is 0 Å². The summed E-state index contributed by atoms with van der Waals surface area (Å²) in [5.41, 5.74) is 4.57. The number of hydrogen-bond donors (Lipinski definition) is 0. The van der Waals surface area contributed by atoms with Crippen molar-refractivity contribution < 1.29 is 0 Å². The molecule has 2 aromatic heterocycles. The fourth-order valence-electron chi connectivity index (χ4n) is 2.21. The first-order chi connectivity index (χ1) is 11.2. The van der Waals surface area contributed by atoms with Crippen LogP contribution in [0.2, 0.25) is 0 Å². The zero-order chi connectivity index (χ0) is 16.2. The molecule has 0 unspecified atom stereocenters. The van der Waals surface area contributed by atoms with Gasteiger partial charge in [-0.15, -0.1) is 10.2 Å².